The molecule has 1 aromatic carbocycles. The van der Waals surface area contributed by atoms with Gasteiger partial charge in [0.1, 0.15) is 11.5 Å². The highest BCUT2D eigenvalue weighted by molar-refractivity contribution is 5.82. The number of Topliss-reactive ketones (excluding diaryl/α,β-unsaturated/α-hetero) is 1. The third-order valence-electron chi connectivity index (χ3n) is 3.83. The minimum atomic E-state index is 0.0880. The minimum Gasteiger partial charge on any atom is -0.496 e. The van der Waals surface area contributed by atoms with Crippen molar-refractivity contribution in [3.05, 3.63) is 29.3 Å². The summed E-state index contributed by atoms with van der Waals surface area (Å²) < 4.78 is 5.43. The Hall–Kier alpha value is -1.35. The van der Waals surface area contributed by atoms with Gasteiger partial charge in [-0.15, -0.1) is 0 Å². The van der Waals surface area contributed by atoms with Gasteiger partial charge < -0.3 is 10.1 Å². The van der Waals surface area contributed by atoms with Crippen molar-refractivity contribution in [3.63, 3.8) is 0 Å². The Balaban J connectivity index is 2.21. The molecule has 1 atom stereocenters. The van der Waals surface area contributed by atoms with Gasteiger partial charge in [-0.05, 0) is 29.5 Å². The number of nitrogens with one attached hydrogen (secondary N) is 1. The van der Waals surface area contributed by atoms with Crippen molar-refractivity contribution in [2.24, 2.45) is 5.92 Å². The zero-order valence-corrected chi connectivity index (χ0v) is 12.0. The van der Waals surface area contributed by atoms with Crippen LogP contribution in [0.4, 0.5) is 0 Å². The van der Waals surface area contributed by atoms with Crippen molar-refractivity contribution in [1.82, 2.24) is 5.32 Å². The second-order valence-electron chi connectivity index (χ2n) is 5.55. The first-order valence-electron chi connectivity index (χ1n) is 7.02. The highest BCUT2D eigenvalue weighted by Crippen LogP contribution is 2.27. The number of methoxy groups -OCH3 is 1. The minimum absolute atomic E-state index is 0.0880. The molecule has 1 fully saturated rings. The summed E-state index contributed by atoms with van der Waals surface area (Å²) in [4.78, 5) is 11.9. The number of rotatable bonds is 4. The molecule has 3 heteroatoms. The molecule has 2 rings (SSSR count). The molecule has 1 heterocycles. The molecular weight excluding hydrogens is 238 g/mol. The Labute approximate surface area is 115 Å². The number of ketones is 1. The molecule has 0 aliphatic carbocycles. The molecule has 0 spiro atoms. The van der Waals surface area contributed by atoms with Crippen LogP contribution in [0.25, 0.3) is 0 Å². The van der Waals surface area contributed by atoms with Crippen LogP contribution < -0.4 is 10.1 Å². The lowest BCUT2D eigenvalue weighted by Gasteiger charge is -2.23. The summed E-state index contributed by atoms with van der Waals surface area (Å²) in [6.45, 7) is 5.96. The van der Waals surface area contributed by atoms with Crippen molar-refractivity contribution < 1.29 is 9.53 Å². The molecule has 19 heavy (non-hydrogen) atoms. The Kier molecular flexibility index (Phi) is 4.59. The zero-order chi connectivity index (χ0) is 13.8. The van der Waals surface area contributed by atoms with Crippen molar-refractivity contribution in [3.8, 4) is 5.75 Å². The van der Waals surface area contributed by atoms with E-state index in [2.05, 4.69) is 31.3 Å². The summed E-state index contributed by atoms with van der Waals surface area (Å²) in [6, 6.07) is 6.31. The smallest absolute Gasteiger partial charge is 0.138 e. The van der Waals surface area contributed by atoms with Crippen LogP contribution in [0.15, 0.2) is 18.2 Å². The van der Waals surface area contributed by atoms with E-state index >= 15 is 0 Å². The molecule has 1 aromatic rings. The number of piperidine rings is 1. The van der Waals surface area contributed by atoms with E-state index in [9.17, 15) is 4.79 Å². The van der Waals surface area contributed by atoms with E-state index in [0.717, 1.165) is 30.8 Å². The molecule has 1 aliphatic heterocycles. The van der Waals surface area contributed by atoms with Crippen LogP contribution in [0, 0.1) is 5.92 Å². The fourth-order valence-corrected chi connectivity index (χ4v) is 2.57. The molecule has 1 N–H and O–H groups in total. The van der Waals surface area contributed by atoms with E-state index in [-0.39, 0.29) is 5.92 Å². The Morgan fingerprint density at radius 2 is 2.21 bits per heavy atom. The average Bonchev–Trinajstić information content (AvgIpc) is 2.41. The largest absolute Gasteiger partial charge is 0.496 e. The van der Waals surface area contributed by atoms with Crippen LogP contribution in [-0.4, -0.2) is 26.0 Å². The second-order valence-corrected chi connectivity index (χ2v) is 5.55. The molecule has 0 radical (unpaired) electrons. The first-order chi connectivity index (χ1) is 9.11. The Morgan fingerprint density at radius 3 is 2.84 bits per heavy atom. The van der Waals surface area contributed by atoms with E-state index in [1.54, 1.807) is 7.11 Å². The monoisotopic (exact) mass is 261 g/mol. The zero-order valence-electron chi connectivity index (χ0n) is 12.0. The average molecular weight is 261 g/mol. The number of ether oxygens (including phenoxy) is 1. The van der Waals surface area contributed by atoms with Crippen LogP contribution in [0.1, 0.15) is 37.3 Å². The normalized spacial score (nSPS) is 19.8. The van der Waals surface area contributed by atoms with Gasteiger partial charge in [-0.3, -0.25) is 4.79 Å². The summed E-state index contributed by atoms with van der Waals surface area (Å²) in [6.07, 6.45) is 1.42. The first kappa shape index (κ1) is 14.1. The Bertz CT molecular complexity index is 454. The lowest BCUT2D eigenvalue weighted by Crippen LogP contribution is -2.38. The predicted molar refractivity (Wildman–Crippen MR) is 76.8 cm³/mol. The molecule has 0 amide bonds. The second kappa shape index (κ2) is 6.20. The topological polar surface area (TPSA) is 38.3 Å². The van der Waals surface area contributed by atoms with Crippen LogP contribution in [-0.2, 0) is 11.2 Å². The van der Waals surface area contributed by atoms with Crippen LogP contribution >= 0.6 is 0 Å². The fourth-order valence-electron chi connectivity index (χ4n) is 2.57. The van der Waals surface area contributed by atoms with Gasteiger partial charge in [0.25, 0.3) is 0 Å². The van der Waals surface area contributed by atoms with Crippen molar-refractivity contribution >= 4 is 5.78 Å². The highest BCUT2D eigenvalue weighted by atomic mass is 16.5. The van der Waals surface area contributed by atoms with Crippen molar-refractivity contribution in [2.45, 2.75) is 32.6 Å². The quantitative estimate of drug-likeness (QED) is 0.905. The number of benzene rings is 1. The van der Waals surface area contributed by atoms with Gasteiger partial charge >= 0.3 is 0 Å². The highest BCUT2D eigenvalue weighted by Gasteiger charge is 2.23. The van der Waals surface area contributed by atoms with Gasteiger partial charge in [-0.25, -0.2) is 0 Å². The summed E-state index contributed by atoms with van der Waals surface area (Å²) in [5, 5.41) is 3.30. The molecule has 0 saturated carbocycles. The van der Waals surface area contributed by atoms with Crippen LogP contribution in [0.5, 0.6) is 5.75 Å². The number of carbonyl (C=O) groups excluding carboxylic acids is 1. The standard InChI is InChI=1S/C16H23NO2/c1-11(2)12-4-5-16(19-3)13(8-12)9-14-10-17-7-6-15(14)18/h4-5,8,11,14,17H,6-7,9-10H2,1-3H3. The molecule has 3 nitrogen and oxygen atoms in total. The van der Waals surface area contributed by atoms with Gasteiger partial charge in [-0.2, -0.15) is 0 Å². The van der Waals surface area contributed by atoms with Gasteiger partial charge in [0.2, 0.25) is 0 Å². The maximum Gasteiger partial charge on any atom is 0.138 e. The SMILES string of the molecule is COc1ccc(C(C)C)cc1CC1CNCCC1=O. The lowest BCUT2D eigenvalue weighted by molar-refractivity contribution is -0.123. The van der Waals surface area contributed by atoms with Crippen molar-refractivity contribution in [2.75, 3.05) is 20.2 Å². The molecular formula is C16H23NO2. The maximum atomic E-state index is 11.9. The van der Waals surface area contributed by atoms with Gasteiger partial charge in [0.15, 0.2) is 0 Å². The first-order valence-corrected chi connectivity index (χ1v) is 7.02. The maximum absolute atomic E-state index is 11.9. The summed E-state index contributed by atoms with van der Waals surface area (Å²) >= 11 is 0. The summed E-state index contributed by atoms with van der Waals surface area (Å²) in [5.41, 5.74) is 2.45. The summed E-state index contributed by atoms with van der Waals surface area (Å²) in [5.74, 6) is 1.84. The molecule has 0 bridgehead atoms. The number of hydrogen-bond donors (Lipinski definition) is 1. The molecule has 0 aromatic heterocycles. The number of carbonyl (C=O) groups is 1. The third kappa shape index (κ3) is 3.35. The van der Waals surface area contributed by atoms with Gasteiger partial charge in [0, 0.05) is 25.4 Å². The molecule has 1 aliphatic rings. The van der Waals surface area contributed by atoms with E-state index in [0.29, 0.717) is 18.1 Å². The predicted octanol–water partition coefficient (Wildman–Crippen LogP) is 2.54. The fraction of sp³-hybridized carbons (Fsp3) is 0.562. The van der Waals surface area contributed by atoms with E-state index in [1.807, 2.05) is 6.07 Å². The molecule has 1 unspecified atom stereocenters. The van der Waals surface area contributed by atoms with Crippen LogP contribution in [0.2, 0.25) is 0 Å². The van der Waals surface area contributed by atoms with Gasteiger partial charge in [-0.1, -0.05) is 26.0 Å². The van der Waals surface area contributed by atoms with E-state index in [4.69, 9.17) is 4.74 Å². The third-order valence-corrected chi connectivity index (χ3v) is 3.83. The molecule has 104 valence electrons. The van der Waals surface area contributed by atoms with E-state index in [1.165, 1.54) is 5.56 Å². The van der Waals surface area contributed by atoms with Gasteiger partial charge in [0.05, 0.1) is 7.11 Å². The van der Waals surface area contributed by atoms with E-state index < -0.39 is 0 Å². The van der Waals surface area contributed by atoms with Crippen LogP contribution in [0.3, 0.4) is 0 Å². The summed E-state index contributed by atoms with van der Waals surface area (Å²) in [7, 11) is 1.69. The van der Waals surface area contributed by atoms with Crippen molar-refractivity contribution in [1.29, 1.82) is 0 Å². The number of hydrogen-bond acceptors (Lipinski definition) is 3. The Morgan fingerprint density at radius 1 is 1.42 bits per heavy atom. The molecule has 1 saturated heterocycles. The lowest BCUT2D eigenvalue weighted by atomic mass is 9.89.